The second kappa shape index (κ2) is 7.18. The molecule has 2 amide bonds. The highest BCUT2D eigenvalue weighted by Gasteiger charge is 2.46. The molecule has 4 atom stereocenters. The summed E-state index contributed by atoms with van der Waals surface area (Å²) < 4.78 is 5.47. The van der Waals surface area contributed by atoms with Gasteiger partial charge in [0.05, 0.1) is 19.3 Å². The minimum Gasteiger partial charge on any atom is -0.391 e. The molecule has 2 heterocycles. The van der Waals surface area contributed by atoms with E-state index in [-0.39, 0.29) is 6.03 Å². The number of amides is 2. The van der Waals surface area contributed by atoms with Crippen molar-refractivity contribution in [3.8, 4) is 0 Å². The first-order chi connectivity index (χ1) is 11.7. The monoisotopic (exact) mass is 337 g/mol. The SMILES string of the molecule is O=C(NC1CCCC1)N1C[C@H](O)[C@H]2C[C@@H]1CC[C@H]2N1CCOCC1. The number of β-amino-alcohol motifs (C(OH)–C–C–N with tert-alkyl or cyclic N) is 1. The Balaban J connectivity index is 1.38. The van der Waals surface area contributed by atoms with Gasteiger partial charge >= 0.3 is 6.03 Å². The lowest BCUT2D eigenvalue weighted by Gasteiger charge is -2.52. The van der Waals surface area contributed by atoms with Crippen LogP contribution in [0, 0.1) is 5.92 Å². The molecule has 6 nitrogen and oxygen atoms in total. The molecule has 0 spiro atoms. The molecule has 2 aliphatic carbocycles. The third-order valence-corrected chi connectivity index (χ3v) is 6.61. The Bertz CT molecular complexity index is 449. The van der Waals surface area contributed by atoms with Gasteiger partial charge in [0.2, 0.25) is 0 Å². The molecule has 24 heavy (non-hydrogen) atoms. The Kier molecular flexibility index (Phi) is 4.97. The van der Waals surface area contributed by atoms with Crippen molar-refractivity contribution in [3.05, 3.63) is 0 Å². The standard InChI is InChI=1S/C18H31N3O3/c22-17-12-21(18(23)19-13-3-1-2-4-13)14-5-6-16(15(17)11-14)20-7-9-24-10-8-20/h13-17,22H,1-12H2,(H,19,23)/t14-,15-,16+,17-/m0/s1. The fourth-order valence-corrected chi connectivity index (χ4v) is 5.29. The van der Waals surface area contributed by atoms with Gasteiger partial charge in [0, 0.05) is 43.7 Å². The summed E-state index contributed by atoms with van der Waals surface area (Å²) >= 11 is 0. The first-order valence-electron chi connectivity index (χ1n) is 9.79. The molecular formula is C18H31N3O3. The summed E-state index contributed by atoms with van der Waals surface area (Å²) in [6, 6.07) is 1.16. The first kappa shape index (κ1) is 16.6. The van der Waals surface area contributed by atoms with Gasteiger partial charge in [-0.15, -0.1) is 0 Å². The highest BCUT2D eigenvalue weighted by atomic mass is 16.5. The third kappa shape index (κ3) is 3.28. The van der Waals surface area contributed by atoms with Crippen molar-refractivity contribution < 1.29 is 14.6 Å². The fourth-order valence-electron chi connectivity index (χ4n) is 5.29. The Morgan fingerprint density at radius 2 is 1.83 bits per heavy atom. The first-order valence-corrected chi connectivity index (χ1v) is 9.79. The number of aliphatic hydroxyl groups excluding tert-OH is 1. The van der Waals surface area contributed by atoms with Gasteiger partial charge in [-0.05, 0) is 32.1 Å². The molecule has 4 fully saturated rings. The zero-order valence-electron chi connectivity index (χ0n) is 14.5. The van der Waals surface area contributed by atoms with E-state index in [4.69, 9.17) is 4.74 Å². The van der Waals surface area contributed by atoms with E-state index in [0.29, 0.717) is 30.6 Å². The molecule has 2 N–H and O–H groups in total. The van der Waals surface area contributed by atoms with Crippen LogP contribution in [0.3, 0.4) is 0 Å². The van der Waals surface area contributed by atoms with Crippen molar-refractivity contribution in [2.45, 2.75) is 69.2 Å². The van der Waals surface area contributed by atoms with Crippen molar-refractivity contribution in [2.75, 3.05) is 32.8 Å². The number of likely N-dealkylation sites (tertiary alicyclic amines) is 1. The van der Waals surface area contributed by atoms with Gasteiger partial charge in [-0.3, -0.25) is 4.90 Å². The van der Waals surface area contributed by atoms with E-state index < -0.39 is 6.10 Å². The predicted molar refractivity (Wildman–Crippen MR) is 90.8 cm³/mol. The van der Waals surface area contributed by atoms with Crippen LogP contribution in [-0.4, -0.2) is 78.0 Å². The van der Waals surface area contributed by atoms with Crippen molar-refractivity contribution in [2.24, 2.45) is 5.92 Å². The molecule has 0 aromatic heterocycles. The summed E-state index contributed by atoms with van der Waals surface area (Å²) in [5, 5.41) is 13.9. The second-order valence-corrected chi connectivity index (χ2v) is 8.00. The number of morpholine rings is 1. The third-order valence-electron chi connectivity index (χ3n) is 6.61. The lowest BCUT2D eigenvalue weighted by atomic mass is 9.74. The number of carbonyl (C=O) groups excluding carboxylic acids is 1. The molecule has 2 saturated heterocycles. The minimum absolute atomic E-state index is 0.0502. The van der Waals surface area contributed by atoms with Crippen molar-refractivity contribution in [1.29, 1.82) is 0 Å². The van der Waals surface area contributed by atoms with E-state index >= 15 is 0 Å². The molecule has 0 aromatic carbocycles. The van der Waals surface area contributed by atoms with Gasteiger partial charge < -0.3 is 20.1 Å². The molecule has 0 radical (unpaired) electrons. The van der Waals surface area contributed by atoms with Crippen LogP contribution in [0.25, 0.3) is 0 Å². The molecular weight excluding hydrogens is 306 g/mol. The summed E-state index contributed by atoms with van der Waals surface area (Å²) in [5.74, 6) is 0.303. The summed E-state index contributed by atoms with van der Waals surface area (Å²) in [6.45, 7) is 4.06. The lowest BCUT2D eigenvalue weighted by Crippen LogP contribution is -2.63. The second-order valence-electron chi connectivity index (χ2n) is 8.00. The summed E-state index contributed by atoms with van der Waals surface area (Å²) in [6.07, 6.45) is 7.34. The molecule has 0 aromatic rings. The number of aliphatic hydroxyl groups is 1. The normalized spacial score (nSPS) is 38.3. The zero-order valence-corrected chi connectivity index (χ0v) is 14.5. The number of fused-ring (bicyclic) bond motifs is 2. The summed E-state index contributed by atoms with van der Waals surface area (Å²) in [5.41, 5.74) is 0. The number of urea groups is 1. The topological polar surface area (TPSA) is 65.0 Å². The van der Waals surface area contributed by atoms with Gasteiger partial charge in [-0.25, -0.2) is 4.79 Å². The number of carbonyl (C=O) groups is 1. The molecule has 4 aliphatic rings. The average molecular weight is 337 g/mol. The highest BCUT2D eigenvalue weighted by molar-refractivity contribution is 5.75. The Morgan fingerprint density at radius 1 is 1.08 bits per heavy atom. The van der Waals surface area contributed by atoms with Crippen LogP contribution in [0.5, 0.6) is 0 Å². The van der Waals surface area contributed by atoms with E-state index in [2.05, 4.69) is 10.2 Å². The molecule has 0 unspecified atom stereocenters. The molecule has 4 rings (SSSR count). The Morgan fingerprint density at radius 3 is 2.58 bits per heavy atom. The highest BCUT2D eigenvalue weighted by Crippen LogP contribution is 2.38. The molecule has 136 valence electrons. The largest absolute Gasteiger partial charge is 0.391 e. The molecule has 2 saturated carbocycles. The maximum absolute atomic E-state index is 12.7. The van der Waals surface area contributed by atoms with Crippen molar-refractivity contribution >= 4 is 6.03 Å². The van der Waals surface area contributed by atoms with Crippen LogP contribution in [0.2, 0.25) is 0 Å². The average Bonchev–Trinajstić information content (AvgIpc) is 3.12. The van der Waals surface area contributed by atoms with Crippen LogP contribution >= 0.6 is 0 Å². The van der Waals surface area contributed by atoms with E-state index in [1.54, 1.807) is 0 Å². The number of hydrogen-bond donors (Lipinski definition) is 2. The van der Waals surface area contributed by atoms with E-state index in [1.807, 2.05) is 4.90 Å². The summed E-state index contributed by atoms with van der Waals surface area (Å²) in [4.78, 5) is 17.1. The van der Waals surface area contributed by atoms with Crippen molar-refractivity contribution in [1.82, 2.24) is 15.1 Å². The number of piperidine rings is 1. The van der Waals surface area contributed by atoms with Crippen LogP contribution in [0.1, 0.15) is 44.9 Å². The van der Waals surface area contributed by atoms with Gasteiger partial charge in [-0.1, -0.05) is 12.8 Å². The number of hydrogen-bond acceptors (Lipinski definition) is 4. The van der Waals surface area contributed by atoms with Crippen LogP contribution in [0.4, 0.5) is 4.79 Å². The number of nitrogens with zero attached hydrogens (tertiary/aromatic N) is 2. The van der Waals surface area contributed by atoms with Crippen LogP contribution in [0.15, 0.2) is 0 Å². The number of rotatable bonds is 2. The summed E-state index contributed by atoms with van der Waals surface area (Å²) in [7, 11) is 0. The Hall–Kier alpha value is -0.850. The van der Waals surface area contributed by atoms with Crippen LogP contribution in [-0.2, 0) is 4.74 Å². The van der Waals surface area contributed by atoms with Gasteiger partial charge in [0.25, 0.3) is 0 Å². The number of nitrogens with one attached hydrogen (secondary N) is 1. The predicted octanol–water partition coefficient (Wildman–Crippen LogP) is 1.18. The van der Waals surface area contributed by atoms with Gasteiger partial charge in [-0.2, -0.15) is 0 Å². The lowest BCUT2D eigenvalue weighted by molar-refractivity contribution is -0.0788. The van der Waals surface area contributed by atoms with Crippen molar-refractivity contribution in [3.63, 3.8) is 0 Å². The molecule has 2 aliphatic heterocycles. The van der Waals surface area contributed by atoms with Gasteiger partial charge in [0.1, 0.15) is 0 Å². The Labute approximate surface area is 144 Å². The van der Waals surface area contributed by atoms with Gasteiger partial charge in [0.15, 0.2) is 0 Å². The van der Waals surface area contributed by atoms with E-state index in [0.717, 1.165) is 58.4 Å². The maximum atomic E-state index is 12.7. The molecule has 6 heteroatoms. The maximum Gasteiger partial charge on any atom is 0.317 e. The minimum atomic E-state index is -0.399. The smallest absolute Gasteiger partial charge is 0.317 e. The molecule has 2 bridgehead atoms. The quantitative estimate of drug-likeness (QED) is 0.794. The van der Waals surface area contributed by atoms with E-state index in [9.17, 15) is 9.90 Å². The zero-order chi connectivity index (χ0) is 16.5. The number of ether oxygens (including phenoxy) is 1. The van der Waals surface area contributed by atoms with E-state index in [1.165, 1.54) is 12.8 Å². The fraction of sp³-hybridized carbons (Fsp3) is 0.944. The van der Waals surface area contributed by atoms with Crippen LogP contribution < -0.4 is 5.32 Å².